The van der Waals surface area contributed by atoms with E-state index in [1.165, 1.54) is 12.3 Å². The molecule has 2 rings (SSSR count). The minimum Gasteiger partial charge on any atom is -0.484 e. The molecule has 0 spiro atoms. The van der Waals surface area contributed by atoms with Gasteiger partial charge in [0, 0.05) is 6.07 Å². The molecule has 15 heavy (non-hydrogen) atoms. The number of carboxylic acids is 1. The lowest BCUT2D eigenvalue weighted by Gasteiger charge is -2.27. The molecule has 0 amide bonds. The van der Waals surface area contributed by atoms with Gasteiger partial charge in [-0.05, 0) is 0 Å². The van der Waals surface area contributed by atoms with E-state index in [0.717, 1.165) is 0 Å². The zero-order valence-electron chi connectivity index (χ0n) is 7.64. The Kier molecular flexibility index (Phi) is 2.75. The number of ether oxygens (including phenoxy) is 2. The van der Waals surface area contributed by atoms with Crippen molar-refractivity contribution in [3.63, 3.8) is 0 Å². The second-order valence-corrected chi connectivity index (χ2v) is 3.49. The number of aromatic carboxylic acids is 1. The molecule has 1 saturated heterocycles. The Morgan fingerprint density at radius 2 is 2.40 bits per heavy atom. The van der Waals surface area contributed by atoms with Crippen LogP contribution in [0.3, 0.4) is 0 Å². The molecule has 1 N–H and O–H groups in total. The number of carbonyl (C=O) groups is 1. The summed E-state index contributed by atoms with van der Waals surface area (Å²) in [5.74, 6) is -0.779. The smallest absolute Gasteiger partial charge is 0.354 e. The highest BCUT2D eigenvalue weighted by Crippen LogP contribution is 2.26. The van der Waals surface area contributed by atoms with E-state index in [4.69, 9.17) is 26.2 Å². The molecule has 0 unspecified atom stereocenters. The fraction of sp³-hybridized carbons (Fsp3) is 0.333. The maximum atomic E-state index is 10.6. The summed E-state index contributed by atoms with van der Waals surface area (Å²) in [6.07, 6.45) is 1.21. The molecule has 6 heteroatoms. The lowest BCUT2D eigenvalue weighted by Crippen LogP contribution is -2.38. The first-order valence-corrected chi connectivity index (χ1v) is 4.68. The van der Waals surface area contributed by atoms with Crippen molar-refractivity contribution in [2.75, 3.05) is 13.2 Å². The molecule has 2 heterocycles. The predicted octanol–water partition coefficient (Wildman–Crippen LogP) is 1.21. The first kappa shape index (κ1) is 10.2. The van der Waals surface area contributed by atoms with Crippen molar-refractivity contribution in [2.45, 2.75) is 6.10 Å². The minimum absolute atomic E-state index is 0.0495. The van der Waals surface area contributed by atoms with Crippen LogP contribution in [0.4, 0.5) is 0 Å². The van der Waals surface area contributed by atoms with Gasteiger partial charge < -0.3 is 14.6 Å². The third kappa shape index (κ3) is 2.19. The Morgan fingerprint density at radius 1 is 1.67 bits per heavy atom. The van der Waals surface area contributed by atoms with Gasteiger partial charge in [0.15, 0.2) is 5.69 Å². The van der Waals surface area contributed by atoms with Crippen LogP contribution >= 0.6 is 11.6 Å². The van der Waals surface area contributed by atoms with Gasteiger partial charge in [0.05, 0.1) is 19.4 Å². The Hall–Kier alpha value is -1.33. The number of hydrogen-bond donors (Lipinski definition) is 1. The molecule has 1 fully saturated rings. The third-order valence-electron chi connectivity index (χ3n) is 1.94. The van der Waals surface area contributed by atoms with Gasteiger partial charge in [0.25, 0.3) is 0 Å². The normalized spacial score (nSPS) is 15.8. The quantitative estimate of drug-likeness (QED) is 0.844. The molecule has 0 atom stereocenters. The predicted molar refractivity (Wildman–Crippen MR) is 51.4 cm³/mol. The topological polar surface area (TPSA) is 68.7 Å². The van der Waals surface area contributed by atoms with E-state index in [-0.39, 0.29) is 11.8 Å². The highest BCUT2D eigenvalue weighted by Gasteiger charge is 2.22. The average molecular weight is 230 g/mol. The minimum atomic E-state index is -1.11. The van der Waals surface area contributed by atoms with E-state index >= 15 is 0 Å². The average Bonchev–Trinajstić information content (AvgIpc) is 2.13. The SMILES string of the molecule is O=C(O)c1cc(OC2COC2)c(Cl)cn1. The van der Waals surface area contributed by atoms with Crippen LogP contribution in [0.25, 0.3) is 0 Å². The highest BCUT2D eigenvalue weighted by molar-refractivity contribution is 6.32. The molecule has 1 aliphatic heterocycles. The van der Waals surface area contributed by atoms with Gasteiger partial charge >= 0.3 is 5.97 Å². The number of halogens is 1. The van der Waals surface area contributed by atoms with Crippen molar-refractivity contribution in [2.24, 2.45) is 0 Å². The Balaban J connectivity index is 2.19. The van der Waals surface area contributed by atoms with Crippen LogP contribution in [-0.4, -0.2) is 35.4 Å². The molecule has 0 aromatic carbocycles. The summed E-state index contributed by atoms with van der Waals surface area (Å²) >= 11 is 5.80. The van der Waals surface area contributed by atoms with Crippen molar-refractivity contribution >= 4 is 17.6 Å². The zero-order valence-corrected chi connectivity index (χ0v) is 8.40. The van der Waals surface area contributed by atoms with E-state index in [0.29, 0.717) is 24.0 Å². The standard InChI is InChI=1S/C9H8ClNO4/c10-6-2-11-7(9(12)13)1-8(6)15-5-3-14-4-5/h1-2,5H,3-4H2,(H,12,13). The molecule has 0 aliphatic carbocycles. The maximum Gasteiger partial charge on any atom is 0.354 e. The molecule has 1 aliphatic rings. The van der Waals surface area contributed by atoms with Crippen molar-refractivity contribution in [3.05, 3.63) is 23.0 Å². The van der Waals surface area contributed by atoms with Crippen LogP contribution in [0.1, 0.15) is 10.5 Å². The third-order valence-corrected chi connectivity index (χ3v) is 2.22. The van der Waals surface area contributed by atoms with Gasteiger partial charge in [-0.15, -0.1) is 0 Å². The first-order chi connectivity index (χ1) is 7.16. The van der Waals surface area contributed by atoms with Crippen LogP contribution in [0.5, 0.6) is 5.75 Å². The highest BCUT2D eigenvalue weighted by atomic mass is 35.5. The molecule has 1 aromatic rings. The van der Waals surface area contributed by atoms with E-state index in [1.807, 2.05) is 0 Å². The van der Waals surface area contributed by atoms with Gasteiger partial charge in [-0.25, -0.2) is 9.78 Å². The van der Waals surface area contributed by atoms with Crippen molar-refractivity contribution < 1.29 is 19.4 Å². The number of aromatic nitrogens is 1. The molecule has 5 nitrogen and oxygen atoms in total. The molecule has 80 valence electrons. The lowest BCUT2D eigenvalue weighted by atomic mass is 10.3. The molecular formula is C9H8ClNO4. The number of rotatable bonds is 3. The second-order valence-electron chi connectivity index (χ2n) is 3.08. The van der Waals surface area contributed by atoms with E-state index < -0.39 is 5.97 Å². The fourth-order valence-corrected chi connectivity index (χ4v) is 1.24. The maximum absolute atomic E-state index is 10.6. The summed E-state index contributed by atoms with van der Waals surface area (Å²) in [4.78, 5) is 14.3. The zero-order chi connectivity index (χ0) is 10.8. The summed E-state index contributed by atoms with van der Waals surface area (Å²) < 4.78 is 10.3. The Bertz CT molecular complexity index is 392. The van der Waals surface area contributed by atoms with Crippen LogP contribution < -0.4 is 4.74 Å². The van der Waals surface area contributed by atoms with E-state index in [2.05, 4.69) is 4.98 Å². The van der Waals surface area contributed by atoms with Gasteiger partial charge in [0.2, 0.25) is 0 Å². The van der Waals surface area contributed by atoms with E-state index in [1.54, 1.807) is 0 Å². The van der Waals surface area contributed by atoms with Gasteiger partial charge in [0.1, 0.15) is 16.9 Å². The molecule has 1 aromatic heterocycles. The Morgan fingerprint density at radius 3 is 2.93 bits per heavy atom. The number of pyridine rings is 1. The van der Waals surface area contributed by atoms with Crippen LogP contribution in [0.15, 0.2) is 12.3 Å². The van der Waals surface area contributed by atoms with Crippen LogP contribution in [0.2, 0.25) is 5.02 Å². The molecule has 0 radical (unpaired) electrons. The largest absolute Gasteiger partial charge is 0.484 e. The summed E-state index contributed by atoms with van der Waals surface area (Å²) in [5.41, 5.74) is -0.0883. The van der Waals surface area contributed by atoms with Crippen molar-refractivity contribution in [3.8, 4) is 5.75 Å². The molecular weight excluding hydrogens is 222 g/mol. The fourth-order valence-electron chi connectivity index (χ4n) is 1.09. The molecule has 0 saturated carbocycles. The second kappa shape index (κ2) is 4.04. The van der Waals surface area contributed by atoms with Gasteiger partial charge in [-0.1, -0.05) is 11.6 Å². The summed E-state index contributed by atoms with van der Waals surface area (Å²) in [5, 5.41) is 9.02. The van der Waals surface area contributed by atoms with Crippen LogP contribution in [0, 0.1) is 0 Å². The molecule has 0 bridgehead atoms. The first-order valence-electron chi connectivity index (χ1n) is 4.30. The van der Waals surface area contributed by atoms with Gasteiger partial charge in [-0.3, -0.25) is 0 Å². The number of hydrogen-bond acceptors (Lipinski definition) is 4. The van der Waals surface area contributed by atoms with Crippen molar-refractivity contribution in [1.29, 1.82) is 0 Å². The number of carboxylic acid groups (broad SMARTS) is 1. The van der Waals surface area contributed by atoms with E-state index in [9.17, 15) is 4.79 Å². The Labute approximate surface area is 90.6 Å². The summed E-state index contributed by atoms with van der Waals surface area (Å²) in [7, 11) is 0. The van der Waals surface area contributed by atoms with Crippen molar-refractivity contribution in [1.82, 2.24) is 4.98 Å². The summed E-state index contributed by atoms with van der Waals surface area (Å²) in [6, 6.07) is 1.31. The lowest BCUT2D eigenvalue weighted by molar-refractivity contribution is -0.0796. The van der Waals surface area contributed by atoms with Crippen LogP contribution in [-0.2, 0) is 4.74 Å². The van der Waals surface area contributed by atoms with Gasteiger partial charge in [-0.2, -0.15) is 0 Å². The summed E-state index contributed by atoms with van der Waals surface area (Å²) in [6.45, 7) is 1.00. The number of nitrogens with zero attached hydrogens (tertiary/aromatic N) is 1. The monoisotopic (exact) mass is 229 g/mol.